The fourth-order valence-corrected chi connectivity index (χ4v) is 2.00. The highest BCUT2D eigenvalue weighted by Crippen LogP contribution is 2.25. The maximum atomic E-state index is 13.5. The molecule has 0 radical (unpaired) electrons. The minimum absolute atomic E-state index is 0.184. The zero-order valence-corrected chi connectivity index (χ0v) is 10.2. The van der Waals surface area contributed by atoms with Gasteiger partial charge in [-0.1, -0.05) is 26.8 Å². The monoisotopic (exact) mass is 230 g/mol. The number of hydrogen-bond donors (Lipinski definition) is 0. The summed E-state index contributed by atoms with van der Waals surface area (Å²) >= 11 is 0. The van der Waals surface area contributed by atoms with E-state index in [0.29, 0.717) is 0 Å². The van der Waals surface area contributed by atoms with Crippen molar-refractivity contribution < 1.29 is 12.8 Å². The van der Waals surface area contributed by atoms with Crippen LogP contribution in [0.1, 0.15) is 26.3 Å². The zero-order chi connectivity index (χ0) is 11.9. The van der Waals surface area contributed by atoms with Gasteiger partial charge in [-0.3, -0.25) is 0 Å². The second-order valence-electron chi connectivity index (χ2n) is 4.67. The summed E-state index contributed by atoms with van der Waals surface area (Å²) in [5.74, 6) is -0.676. The third kappa shape index (κ3) is 2.78. The van der Waals surface area contributed by atoms with Gasteiger partial charge >= 0.3 is 0 Å². The molecule has 2 nitrogen and oxygen atoms in total. The van der Waals surface area contributed by atoms with E-state index in [4.69, 9.17) is 0 Å². The van der Waals surface area contributed by atoms with E-state index in [1.54, 1.807) is 6.07 Å². The van der Waals surface area contributed by atoms with Gasteiger partial charge in [-0.05, 0) is 23.1 Å². The number of rotatable bonds is 1. The van der Waals surface area contributed by atoms with E-state index in [9.17, 15) is 12.8 Å². The first kappa shape index (κ1) is 12.2. The summed E-state index contributed by atoms with van der Waals surface area (Å²) in [4.78, 5) is -0.240. The summed E-state index contributed by atoms with van der Waals surface area (Å²) < 4.78 is 35.8. The van der Waals surface area contributed by atoms with E-state index in [0.717, 1.165) is 11.8 Å². The van der Waals surface area contributed by atoms with Gasteiger partial charge in [-0.25, -0.2) is 12.8 Å². The first-order valence-electron chi connectivity index (χ1n) is 4.62. The van der Waals surface area contributed by atoms with Crippen LogP contribution in [0.5, 0.6) is 0 Å². The Hall–Kier alpha value is -0.900. The zero-order valence-electron chi connectivity index (χ0n) is 9.33. The van der Waals surface area contributed by atoms with Crippen molar-refractivity contribution in [1.82, 2.24) is 0 Å². The molecule has 0 unspecified atom stereocenters. The molecule has 0 saturated carbocycles. The van der Waals surface area contributed by atoms with Gasteiger partial charge in [-0.2, -0.15) is 0 Å². The minimum Gasteiger partial charge on any atom is -0.224 e. The highest BCUT2D eigenvalue weighted by atomic mass is 32.2. The predicted molar refractivity (Wildman–Crippen MR) is 58.2 cm³/mol. The maximum absolute atomic E-state index is 13.5. The fraction of sp³-hybridized carbons (Fsp3) is 0.455. The van der Waals surface area contributed by atoms with Crippen molar-refractivity contribution in [2.75, 3.05) is 6.26 Å². The molecule has 0 atom stereocenters. The quantitative estimate of drug-likeness (QED) is 0.743. The van der Waals surface area contributed by atoms with E-state index in [2.05, 4.69) is 0 Å². The number of halogens is 1. The molecule has 0 heterocycles. The second-order valence-corrected chi connectivity index (χ2v) is 6.65. The van der Waals surface area contributed by atoms with Gasteiger partial charge < -0.3 is 0 Å². The molecule has 0 aliphatic rings. The first-order valence-corrected chi connectivity index (χ1v) is 6.51. The van der Waals surface area contributed by atoms with Crippen LogP contribution in [0.3, 0.4) is 0 Å². The Balaban J connectivity index is 3.34. The third-order valence-electron chi connectivity index (χ3n) is 2.20. The maximum Gasteiger partial charge on any atom is 0.178 e. The molecule has 0 aliphatic heterocycles. The van der Waals surface area contributed by atoms with Crippen LogP contribution in [-0.4, -0.2) is 14.7 Å². The van der Waals surface area contributed by atoms with Crippen molar-refractivity contribution in [3.63, 3.8) is 0 Å². The summed E-state index contributed by atoms with van der Waals surface area (Å²) in [6, 6.07) is 4.26. The van der Waals surface area contributed by atoms with Gasteiger partial charge in [0.05, 0.1) is 0 Å². The van der Waals surface area contributed by atoms with Crippen molar-refractivity contribution in [3.05, 3.63) is 29.6 Å². The molecular weight excluding hydrogens is 215 g/mol. The Labute approximate surface area is 90.0 Å². The van der Waals surface area contributed by atoms with Crippen molar-refractivity contribution in [2.24, 2.45) is 0 Å². The second kappa shape index (κ2) is 3.59. The van der Waals surface area contributed by atoms with Crippen LogP contribution >= 0.6 is 0 Å². The molecule has 0 aromatic heterocycles. The summed E-state index contributed by atoms with van der Waals surface area (Å²) in [6.45, 7) is 5.84. The Kier molecular flexibility index (Phi) is 2.92. The van der Waals surface area contributed by atoms with Gasteiger partial charge in [0.1, 0.15) is 10.7 Å². The van der Waals surface area contributed by atoms with Gasteiger partial charge in [0.2, 0.25) is 0 Å². The van der Waals surface area contributed by atoms with Crippen LogP contribution in [0.25, 0.3) is 0 Å². The largest absolute Gasteiger partial charge is 0.224 e. The Morgan fingerprint density at radius 3 is 2.07 bits per heavy atom. The first-order chi connectivity index (χ1) is 6.62. The van der Waals surface area contributed by atoms with Crippen LogP contribution < -0.4 is 0 Å². The molecule has 15 heavy (non-hydrogen) atoms. The molecule has 0 saturated heterocycles. The van der Waals surface area contributed by atoms with Crippen LogP contribution in [0.2, 0.25) is 0 Å². The van der Waals surface area contributed by atoms with Gasteiger partial charge in [-0.15, -0.1) is 0 Å². The number of benzene rings is 1. The fourth-order valence-electron chi connectivity index (χ4n) is 1.27. The average Bonchev–Trinajstić information content (AvgIpc) is 1.99. The lowest BCUT2D eigenvalue weighted by Gasteiger charge is -2.19. The molecule has 4 heteroatoms. The molecule has 1 aromatic carbocycles. The lowest BCUT2D eigenvalue weighted by atomic mass is 9.87. The standard InChI is InChI=1S/C11H15FO2S/c1-11(2,3)8-5-6-10(9(12)7-8)15(4,13)14/h5-7H,1-4H3. The lowest BCUT2D eigenvalue weighted by molar-refractivity contribution is 0.550. The molecule has 1 aromatic rings. The van der Waals surface area contributed by atoms with Crippen LogP contribution in [0.4, 0.5) is 4.39 Å². The highest BCUT2D eigenvalue weighted by Gasteiger charge is 2.19. The summed E-state index contributed by atoms with van der Waals surface area (Å²) in [5, 5.41) is 0. The average molecular weight is 230 g/mol. The summed E-state index contributed by atoms with van der Waals surface area (Å²) in [5.41, 5.74) is 0.601. The third-order valence-corrected chi connectivity index (χ3v) is 3.33. The van der Waals surface area contributed by atoms with E-state index in [-0.39, 0.29) is 10.3 Å². The highest BCUT2D eigenvalue weighted by molar-refractivity contribution is 7.90. The predicted octanol–water partition coefficient (Wildman–Crippen LogP) is 2.53. The molecule has 0 N–H and O–H groups in total. The lowest BCUT2D eigenvalue weighted by Crippen LogP contribution is -2.12. The van der Waals surface area contributed by atoms with Crippen LogP contribution in [0, 0.1) is 5.82 Å². The molecule has 1 rings (SSSR count). The topological polar surface area (TPSA) is 34.1 Å². The molecule has 0 aliphatic carbocycles. The summed E-state index contributed by atoms with van der Waals surface area (Å²) in [6.07, 6.45) is 1.00. The molecule has 0 amide bonds. The van der Waals surface area contributed by atoms with Gasteiger partial charge in [0, 0.05) is 6.26 Å². The molecule has 0 spiro atoms. The van der Waals surface area contributed by atoms with E-state index in [1.807, 2.05) is 20.8 Å². The van der Waals surface area contributed by atoms with Crippen molar-refractivity contribution in [3.8, 4) is 0 Å². The molecular formula is C11H15FO2S. The minimum atomic E-state index is -3.47. The van der Waals surface area contributed by atoms with Crippen molar-refractivity contribution in [2.45, 2.75) is 31.1 Å². The smallest absolute Gasteiger partial charge is 0.178 e. The van der Waals surface area contributed by atoms with E-state index < -0.39 is 15.7 Å². The van der Waals surface area contributed by atoms with Crippen molar-refractivity contribution in [1.29, 1.82) is 0 Å². The number of hydrogen-bond acceptors (Lipinski definition) is 2. The van der Waals surface area contributed by atoms with Crippen molar-refractivity contribution >= 4 is 9.84 Å². The van der Waals surface area contributed by atoms with E-state index in [1.165, 1.54) is 12.1 Å². The van der Waals surface area contributed by atoms with Crippen LogP contribution in [0.15, 0.2) is 23.1 Å². The molecule has 0 fully saturated rings. The SMILES string of the molecule is CC(C)(C)c1ccc(S(C)(=O)=O)c(F)c1. The Bertz CT molecular complexity index is 470. The molecule has 0 bridgehead atoms. The normalized spacial score (nSPS) is 12.9. The Morgan fingerprint density at radius 1 is 1.20 bits per heavy atom. The summed E-state index contributed by atoms with van der Waals surface area (Å²) in [7, 11) is -3.47. The molecule has 84 valence electrons. The number of sulfone groups is 1. The van der Waals surface area contributed by atoms with Gasteiger partial charge in [0.15, 0.2) is 9.84 Å². The van der Waals surface area contributed by atoms with Crippen LogP contribution in [-0.2, 0) is 15.3 Å². The Morgan fingerprint density at radius 2 is 1.73 bits per heavy atom. The van der Waals surface area contributed by atoms with E-state index >= 15 is 0 Å². The van der Waals surface area contributed by atoms with Gasteiger partial charge in [0.25, 0.3) is 0 Å².